The molecule has 2 fully saturated rings. The van der Waals surface area contributed by atoms with Gasteiger partial charge in [0.1, 0.15) is 11.6 Å². The zero-order valence-electron chi connectivity index (χ0n) is 16.0. The fourth-order valence-corrected chi connectivity index (χ4v) is 4.46. The fourth-order valence-electron chi connectivity index (χ4n) is 4.46. The predicted molar refractivity (Wildman–Crippen MR) is 99.4 cm³/mol. The van der Waals surface area contributed by atoms with Gasteiger partial charge in [-0.15, -0.1) is 0 Å². The van der Waals surface area contributed by atoms with E-state index in [1.807, 2.05) is 24.8 Å². The third-order valence-corrected chi connectivity index (χ3v) is 6.15. The highest BCUT2D eigenvalue weighted by molar-refractivity contribution is 5.79. The van der Waals surface area contributed by atoms with Gasteiger partial charge in [-0.3, -0.25) is 9.69 Å². The number of hydrogen-bond acceptors (Lipinski definition) is 4. The van der Waals surface area contributed by atoms with E-state index < -0.39 is 0 Å². The summed E-state index contributed by atoms with van der Waals surface area (Å²) in [5.74, 6) is 0.845. The minimum absolute atomic E-state index is 0.0779. The second-order valence-corrected chi connectivity index (χ2v) is 8.14. The number of piperidine rings is 1. The lowest BCUT2D eigenvalue weighted by molar-refractivity contribution is -0.128. The van der Waals surface area contributed by atoms with Gasteiger partial charge in [-0.05, 0) is 62.9 Å². The maximum absolute atomic E-state index is 13.4. The highest BCUT2D eigenvalue weighted by atomic mass is 19.1. The Bertz CT molecular complexity index is 820. The van der Waals surface area contributed by atoms with E-state index in [0.717, 1.165) is 61.6 Å². The van der Waals surface area contributed by atoms with Gasteiger partial charge in [-0.2, -0.15) is 0 Å². The molecule has 0 bridgehead atoms. The largest absolute Gasteiger partial charge is 0.361 e. The zero-order chi connectivity index (χ0) is 19.0. The molecule has 6 heteroatoms. The average Bonchev–Trinajstić information content (AvgIpc) is 3.11. The number of nitrogens with zero attached hydrogens (tertiary/aromatic N) is 3. The van der Waals surface area contributed by atoms with E-state index in [1.165, 1.54) is 6.07 Å². The van der Waals surface area contributed by atoms with E-state index in [0.29, 0.717) is 13.0 Å². The summed E-state index contributed by atoms with van der Waals surface area (Å²) in [6.45, 7) is 7.89. The molecule has 144 valence electrons. The van der Waals surface area contributed by atoms with Gasteiger partial charge in [-0.1, -0.05) is 17.3 Å². The molecule has 4 rings (SSSR count). The van der Waals surface area contributed by atoms with Crippen molar-refractivity contribution >= 4 is 5.91 Å². The Morgan fingerprint density at radius 2 is 2.00 bits per heavy atom. The molecule has 0 radical (unpaired) electrons. The number of hydrogen-bond donors (Lipinski definition) is 0. The van der Waals surface area contributed by atoms with Crippen molar-refractivity contribution in [1.82, 2.24) is 15.0 Å². The van der Waals surface area contributed by atoms with E-state index in [4.69, 9.17) is 4.52 Å². The van der Waals surface area contributed by atoms with Gasteiger partial charge < -0.3 is 9.42 Å². The molecule has 2 saturated heterocycles. The maximum atomic E-state index is 13.4. The molecule has 0 unspecified atom stereocenters. The van der Waals surface area contributed by atoms with Gasteiger partial charge in [0.05, 0.1) is 12.2 Å². The predicted octanol–water partition coefficient (Wildman–Crippen LogP) is 3.45. The smallest absolute Gasteiger partial charge is 0.223 e. The first-order valence-electron chi connectivity index (χ1n) is 9.60. The lowest BCUT2D eigenvalue weighted by atomic mass is 9.77. The van der Waals surface area contributed by atoms with Crippen molar-refractivity contribution < 1.29 is 13.7 Å². The summed E-state index contributed by atoms with van der Waals surface area (Å²) in [6, 6.07) is 6.82. The Hall–Kier alpha value is -2.21. The van der Waals surface area contributed by atoms with E-state index in [1.54, 1.807) is 12.1 Å². The monoisotopic (exact) mass is 371 g/mol. The van der Waals surface area contributed by atoms with E-state index in [-0.39, 0.29) is 17.1 Å². The highest BCUT2D eigenvalue weighted by Gasteiger charge is 2.45. The van der Waals surface area contributed by atoms with Gasteiger partial charge in [-0.25, -0.2) is 4.39 Å². The molecule has 1 aromatic heterocycles. The topological polar surface area (TPSA) is 49.6 Å². The SMILES string of the molecule is Cc1noc(C)c1CN1CC2(CCN(Cc3cccc(F)c3)CC2)CC1=O. The van der Waals surface area contributed by atoms with Crippen LogP contribution in [0.5, 0.6) is 0 Å². The normalized spacial score (nSPS) is 20.0. The number of carbonyl (C=O) groups is 1. The molecule has 2 aliphatic heterocycles. The van der Waals surface area contributed by atoms with Crippen molar-refractivity contribution in [2.45, 2.75) is 46.2 Å². The second-order valence-electron chi connectivity index (χ2n) is 8.14. The minimum Gasteiger partial charge on any atom is -0.361 e. The first-order valence-corrected chi connectivity index (χ1v) is 9.60. The molecule has 2 aliphatic rings. The van der Waals surface area contributed by atoms with Crippen LogP contribution in [0.4, 0.5) is 4.39 Å². The molecule has 1 aromatic carbocycles. The molecule has 27 heavy (non-hydrogen) atoms. The Morgan fingerprint density at radius 1 is 1.22 bits per heavy atom. The molecule has 0 aliphatic carbocycles. The third-order valence-electron chi connectivity index (χ3n) is 6.15. The third kappa shape index (κ3) is 3.76. The summed E-state index contributed by atoms with van der Waals surface area (Å²) in [7, 11) is 0. The molecule has 0 saturated carbocycles. The number of amides is 1. The molecule has 0 atom stereocenters. The Morgan fingerprint density at radius 3 is 2.67 bits per heavy atom. The number of carbonyl (C=O) groups excluding carboxylic acids is 1. The zero-order valence-corrected chi connectivity index (χ0v) is 16.0. The van der Waals surface area contributed by atoms with Crippen molar-refractivity contribution in [3.63, 3.8) is 0 Å². The lowest BCUT2D eigenvalue weighted by Crippen LogP contribution is -2.41. The molecule has 0 N–H and O–H groups in total. The summed E-state index contributed by atoms with van der Waals surface area (Å²) < 4.78 is 18.6. The van der Waals surface area contributed by atoms with Crippen LogP contribution >= 0.6 is 0 Å². The van der Waals surface area contributed by atoms with Gasteiger partial charge in [0.2, 0.25) is 5.91 Å². The number of aromatic nitrogens is 1. The number of rotatable bonds is 4. The van der Waals surface area contributed by atoms with Gasteiger partial charge in [0.15, 0.2) is 0 Å². The van der Waals surface area contributed by atoms with E-state index in [9.17, 15) is 9.18 Å². The van der Waals surface area contributed by atoms with Crippen LogP contribution in [0.3, 0.4) is 0 Å². The molecular formula is C21H26FN3O2. The lowest BCUT2D eigenvalue weighted by Gasteiger charge is -2.38. The Kier molecular flexibility index (Phi) is 4.76. The van der Waals surface area contributed by atoms with Crippen LogP contribution in [0.1, 0.15) is 41.8 Å². The van der Waals surface area contributed by atoms with Gasteiger partial charge in [0, 0.05) is 25.1 Å². The second kappa shape index (κ2) is 7.08. The van der Waals surface area contributed by atoms with Crippen molar-refractivity contribution in [1.29, 1.82) is 0 Å². The average molecular weight is 371 g/mol. The quantitative estimate of drug-likeness (QED) is 0.826. The van der Waals surface area contributed by atoms with Gasteiger partial charge >= 0.3 is 0 Å². The molecule has 3 heterocycles. The molecular weight excluding hydrogens is 345 g/mol. The highest BCUT2D eigenvalue weighted by Crippen LogP contribution is 2.42. The number of aryl methyl sites for hydroxylation is 2. The Balaban J connectivity index is 1.36. The van der Waals surface area contributed by atoms with Crippen molar-refractivity contribution in [2.24, 2.45) is 5.41 Å². The van der Waals surface area contributed by atoms with Crippen LogP contribution in [0.2, 0.25) is 0 Å². The molecule has 5 nitrogen and oxygen atoms in total. The van der Waals surface area contributed by atoms with Crippen molar-refractivity contribution in [2.75, 3.05) is 19.6 Å². The maximum Gasteiger partial charge on any atom is 0.223 e. The van der Waals surface area contributed by atoms with Crippen molar-refractivity contribution in [3.05, 3.63) is 52.7 Å². The molecule has 1 amide bonds. The van der Waals surface area contributed by atoms with Crippen LogP contribution in [-0.2, 0) is 17.9 Å². The van der Waals surface area contributed by atoms with Crippen LogP contribution in [0, 0.1) is 25.1 Å². The first kappa shape index (κ1) is 18.2. The number of likely N-dealkylation sites (tertiary alicyclic amines) is 2. The summed E-state index contributed by atoms with van der Waals surface area (Å²) in [5, 5.41) is 4.00. The standard InChI is InChI=1S/C21H26FN3O2/c1-15-19(16(2)27-23-15)13-25-14-21(11-20(25)26)6-8-24(9-7-21)12-17-4-3-5-18(22)10-17/h3-5,10H,6-9,11-14H2,1-2H3. The minimum atomic E-state index is -0.183. The Labute approximate surface area is 159 Å². The van der Waals surface area contributed by atoms with E-state index in [2.05, 4.69) is 10.1 Å². The van der Waals surface area contributed by atoms with Crippen LogP contribution < -0.4 is 0 Å². The van der Waals surface area contributed by atoms with Gasteiger partial charge in [0.25, 0.3) is 0 Å². The number of benzene rings is 1. The van der Waals surface area contributed by atoms with E-state index >= 15 is 0 Å². The number of halogens is 1. The fraction of sp³-hybridized carbons (Fsp3) is 0.524. The molecule has 2 aromatic rings. The van der Waals surface area contributed by atoms with Crippen molar-refractivity contribution in [3.8, 4) is 0 Å². The van der Waals surface area contributed by atoms with Crippen LogP contribution in [0.15, 0.2) is 28.8 Å². The summed E-state index contributed by atoms with van der Waals surface area (Å²) >= 11 is 0. The summed E-state index contributed by atoms with van der Waals surface area (Å²) in [5.41, 5.74) is 2.98. The van der Waals surface area contributed by atoms with Crippen LogP contribution in [0.25, 0.3) is 0 Å². The summed E-state index contributed by atoms with van der Waals surface area (Å²) in [4.78, 5) is 17.0. The van der Waals surface area contributed by atoms with Crippen LogP contribution in [-0.4, -0.2) is 40.5 Å². The first-order chi connectivity index (χ1) is 12.9. The molecule has 1 spiro atoms. The summed E-state index contributed by atoms with van der Waals surface area (Å²) in [6.07, 6.45) is 2.64.